The smallest absolute Gasteiger partial charge is 0.266 e. The van der Waals surface area contributed by atoms with E-state index in [-0.39, 0.29) is 5.91 Å². The molecule has 1 N–H and O–H groups in total. The number of carbonyl (C=O) groups excluding carboxylic acids is 1. The Morgan fingerprint density at radius 2 is 1.90 bits per heavy atom. The molecule has 30 heavy (non-hydrogen) atoms. The SMILES string of the molecule is Cc1cc(NC(=O)C(C)Oc2ccccc2)n(-c2nc(-c3ccc(Cl)cc3)cs2)n1. The average molecular weight is 439 g/mol. The highest BCUT2D eigenvalue weighted by atomic mass is 35.5. The maximum atomic E-state index is 12.7. The summed E-state index contributed by atoms with van der Waals surface area (Å²) in [5, 5.41) is 10.7. The first-order valence-electron chi connectivity index (χ1n) is 9.30. The van der Waals surface area contributed by atoms with Gasteiger partial charge in [0.1, 0.15) is 11.6 Å². The molecule has 0 saturated heterocycles. The van der Waals surface area contributed by atoms with Gasteiger partial charge >= 0.3 is 0 Å². The molecule has 1 atom stereocenters. The third kappa shape index (κ3) is 4.53. The van der Waals surface area contributed by atoms with Gasteiger partial charge in [-0.1, -0.05) is 41.9 Å². The van der Waals surface area contributed by atoms with Crippen LogP contribution in [-0.2, 0) is 4.79 Å². The second-order valence-corrected chi connectivity index (χ2v) is 7.94. The molecule has 152 valence electrons. The van der Waals surface area contributed by atoms with Crippen LogP contribution in [0.2, 0.25) is 5.02 Å². The molecule has 0 bridgehead atoms. The lowest BCUT2D eigenvalue weighted by molar-refractivity contribution is -0.122. The lowest BCUT2D eigenvalue weighted by atomic mass is 10.2. The van der Waals surface area contributed by atoms with E-state index in [0.717, 1.165) is 17.0 Å². The quantitative estimate of drug-likeness (QED) is 0.439. The van der Waals surface area contributed by atoms with E-state index in [0.29, 0.717) is 21.7 Å². The third-order valence-electron chi connectivity index (χ3n) is 4.32. The van der Waals surface area contributed by atoms with E-state index in [9.17, 15) is 4.79 Å². The predicted molar refractivity (Wildman–Crippen MR) is 120 cm³/mol. The van der Waals surface area contributed by atoms with Crippen LogP contribution in [0.1, 0.15) is 12.6 Å². The number of hydrogen-bond donors (Lipinski definition) is 1. The minimum absolute atomic E-state index is 0.269. The summed E-state index contributed by atoms with van der Waals surface area (Å²) in [6.45, 7) is 3.57. The van der Waals surface area contributed by atoms with E-state index < -0.39 is 6.10 Å². The second-order valence-electron chi connectivity index (χ2n) is 6.67. The van der Waals surface area contributed by atoms with Crippen molar-refractivity contribution < 1.29 is 9.53 Å². The first-order valence-corrected chi connectivity index (χ1v) is 10.6. The molecular formula is C22H19ClN4O2S. The number of amides is 1. The molecule has 0 spiro atoms. The fourth-order valence-corrected chi connectivity index (χ4v) is 3.76. The molecule has 1 unspecified atom stereocenters. The van der Waals surface area contributed by atoms with Gasteiger partial charge in [-0.3, -0.25) is 4.79 Å². The molecule has 0 saturated carbocycles. The van der Waals surface area contributed by atoms with Crippen molar-refractivity contribution in [1.29, 1.82) is 0 Å². The van der Waals surface area contributed by atoms with Crippen molar-refractivity contribution in [2.45, 2.75) is 20.0 Å². The summed E-state index contributed by atoms with van der Waals surface area (Å²) >= 11 is 7.41. The Bertz CT molecular complexity index is 1160. The van der Waals surface area contributed by atoms with Crippen LogP contribution in [0.4, 0.5) is 5.82 Å². The normalized spacial score (nSPS) is 11.8. The number of carbonyl (C=O) groups is 1. The Labute approximate surface area is 183 Å². The largest absolute Gasteiger partial charge is 0.481 e. The molecule has 0 fully saturated rings. The van der Waals surface area contributed by atoms with Gasteiger partial charge in [-0.15, -0.1) is 11.3 Å². The molecular weight excluding hydrogens is 420 g/mol. The zero-order valence-corrected chi connectivity index (χ0v) is 17.9. The monoisotopic (exact) mass is 438 g/mol. The average Bonchev–Trinajstić information content (AvgIpc) is 3.36. The Morgan fingerprint density at radius 3 is 2.63 bits per heavy atom. The molecule has 4 aromatic rings. The number of anilines is 1. The van der Waals surface area contributed by atoms with Crippen molar-refractivity contribution in [3.8, 4) is 22.1 Å². The van der Waals surface area contributed by atoms with Gasteiger partial charge in [0.2, 0.25) is 5.13 Å². The van der Waals surface area contributed by atoms with Crippen LogP contribution in [-0.4, -0.2) is 26.8 Å². The first-order chi connectivity index (χ1) is 14.5. The Balaban J connectivity index is 1.53. The summed E-state index contributed by atoms with van der Waals surface area (Å²) in [6, 6.07) is 18.5. The zero-order chi connectivity index (χ0) is 21.1. The topological polar surface area (TPSA) is 69.0 Å². The molecule has 0 aliphatic heterocycles. The molecule has 2 aromatic carbocycles. The van der Waals surface area contributed by atoms with E-state index in [2.05, 4.69) is 15.4 Å². The second kappa shape index (κ2) is 8.69. The number of benzene rings is 2. The predicted octanol–water partition coefficient (Wildman–Crippen LogP) is 5.36. The zero-order valence-electron chi connectivity index (χ0n) is 16.4. The summed E-state index contributed by atoms with van der Waals surface area (Å²) in [5.41, 5.74) is 2.55. The van der Waals surface area contributed by atoms with Crippen LogP contribution in [0.5, 0.6) is 5.75 Å². The Morgan fingerprint density at radius 1 is 1.17 bits per heavy atom. The van der Waals surface area contributed by atoms with Crippen molar-refractivity contribution in [2.24, 2.45) is 0 Å². The van der Waals surface area contributed by atoms with Gasteiger partial charge < -0.3 is 10.1 Å². The van der Waals surface area contributed by atoms with Crippen LogP contribution < -0.4 is 10.1 Å². The lowest BCUT2D eigenvalue weighted by Crippen LogP contribution is -2.30. The molecule has 0 radical (unpaired) electrons. The van der Waals surface area contributed by atoms with Crippen LogP contribution >= 0.6 is 22.9 Å². The highest BCUT2D eigenvalue weighted by Crippen LogP contribution is 2.27. The number of aromatic nitrogens is 3. The van der Waals surface area contributed by atoms with E-state index in [1.54, 1.807) is 17.7 Å². The molecule has 4 rings (SSSR count). The van der Waals surface area contributed by atoms with Gasteiger partial charge in [-0.05, 0) is 38.1 Å². The summed E-state index contributed by atoms with van der Waals surface area (Å²) in [4.78, 5) is 17.3. The fraction of sp³-hybridized carbons (Fsp3) is 0.136. The van der Waals surface area contributed by atoms with Gasteiger partial charge in [-0.25, -0.2) is 4.98 Å². The number of thiazole rings is 1. The van der Waals surface area contributed by atoms with Crippen LogP contribution in [0.25, 0.3) is 16.4 Å². The van der Waals surface area contributed by atoms with Crippen LogP contribution in [0.3, 0.4) is 0 Å². The lowest BCUT2D eigenvalue weighted by Gasteiger charge is -2.14. The standard InChI is InChI=1S/C22H19ClN4O2S/c1-14-12-20(25-21(28)15(2)29-18-6-4-3-5-7-18)27(26-14)22-24-19(13-30-22)16-8-10-17(23)11-9-16/h3-13,15H,1-2H3,(H,25,28). The minimum atomic E-state index is -0.669. The van der Waals surface area contributed by atoms with Crippen molar-refractivity contribution in [2.75, 3.05) is 5.32 Å². The van der Waals surface area contributed by atoms with Crippen molar-refractivity contribution in [3.05, 3.63) is 76.8 Å². The number of aryl methyl sites for hydroxylation is 1. The van der Waals surface area contributed by atoms with E-state index in [1.165, 1.54) is 11.3 Å². The summed E-state index contributed by atoms with van der Waals surface area (Å²) < 4.78 is 7.34. The Hall–Kier alpha value is -3.16. The number of nitrogens with one attached hydrogen (secondary N) is 1. The Kier molecular flexibility index (Phi) is 5.83. The number of para-hydroxylation sites is 1. The van der Waals surface area contributed by atoms with E-state index in [4.69, 9.17) is 16.3 Å². The van der Waals surface area contributed by atoms with Gasteiger partial charge in [-0.2, -0.15) is 9.78 Å². The molecule has 6 nitrogen and oxygen atoms in total. The van der Waals surface area contributed by atoms with Gasteiger partial charge in [0.15, 0.2) is 6.10 Å². The summed E-state index contributed by atoms with van der Waals surface area (Å²) in [5.74, 6) is 0.907. The summed E-state index contributed by atoms with van der Waals surface area (Å²) in [7, 11) is 0. The minimum Gasteiger partial charge on any atom is -0.481 e. The maximum absolute atomic E-state index is 12.7. The highest BCUT2D eigenvalue weighted by Gasteiger charge is 2.19. The number of rotatable bonds is 6. The molecule has 0 aliphatic carbocycles. The van der Waals surface area contributed by atoms with E-state index in [1.807, 2.05) is 66.9 Å². The number of nitrogens with zero attached hydrogens (tertiary/aromatic N) is 3. The molecule has 2 aromatic heterocycles. The van der Waals surface area contributed by atoms with Crippen LogP contribution in [0.15, 0.2) is 66.0 Å². The van der Waals surface area contributed by atoms with Gasteiger partial charge in [0, 0.05) is 22.0 Å². The van der Waals surface area contributed by atoms with E-state index >= 15 is 0 Å². The maximum Gasteiger partial charge on any atom is 0.266 e. The van der Waals surface area contributed by atoms with Crippen LogP contribution in [0, 0.1) is 6.92 Å². The number of hydrogen-bond acceptors (Lipinski definition) is 5. The van der Waals surface area contributed by atoms with Gasteiger partial charge in [0.25, 0.3) is 5.91 Å². The number of ether oxygens (including phenoxy) is 1. The van der Waals surface area contributed by atoms with Crippen molar-refractivity contribution in [3.63, 3.8) is 0 Å². The molecule has 2 heterocycles. The first kappa shape index (κ1) is 20.1. The molecule has 0 aliphatic rings. The molecule has 1 amide bonds. The number of halogens is 1. The fourth-order valence-electron chi connectivity index (χ4n) is 2.83. The highest BCUT2D eigenvalue weighted by molar-refractivity contribution is 7.12. The van der Waals surface area contributed by atoms with Crippen molar-refractivity contribution >= 4 is 34.7 Å². The third-order valence-corrected chi connectivity index (χ3v) is 5.39. The van der Waals surface area contributed by atoms with Crippen molar-refractivity contribution in [1.82, 2.24) is 14.8 Å². The van der Waals surface area contributed by atoms with Gasteiger partial charge in [0.05, 0.1) is 11.4 Å². The molecule has 8 heteroatoms. The summed E-state index contributed by atoms with van der Waals surface area (Å²) in [6.07, 6.45) is -0.669.